The number of nitrogens with zero attached hydrogens (tertiary/aromatic N) is 2. The van der Waals surface area contributed by atoms with Gasteiger partial charge in [0.15, 0.2) is 0 Å². The quantitative estimate of drug-likeness (QED) is 0.313. The van der Waals surface area contributed by atoms with Gasteiger partial charge in [0.1, 0.15) is 0 Å². The van der Waals surface area contributed by atoms with Crippen LogP contribution >= 0.6 is 0 Å². The van der Waals surface area contributed by atoms with Crippen LogP contribution in [0.15, 0.2) is 0 Å². The number of rotatable bonds is 16. The first-order valence-electron chi connectivity index (χ1n) is 10.1. The second kappa shape index (κ2) is 14.9. The molecule has 0 amide bonds. The third-order valence-corrected chi connectivity index (χ3v) is 3.88. The van der Waals surface area contributed by atoms with Crippen LogP contribution in [0, 0.1) is 0 Å². The molecule has 25 heavy (non-hydrogen) atoms. The molecule has 0 atom stereocenters. The second-order valence-electron chi connectivity index (χ2n) is 8.17. The highest BCUT2D eigenvalue weighted by Gasteiger charge is 2.11. The molecule has 0 rings (SSSR count). The van der Waals surface area contributed by atoms with Crippen LogP contribution < -0.4 is 21.3 Å². The lowest BCUT2D eigenvalue weighted by atomic mass is 10.3. The summed E-state index contributed by atoms with van der Waals surface area (Å²) < 4.78 is 0. The van der Waals surface area contributed by atoms with Crippen molar-refractivity contribution in [2.75, 3.05) is 46.2 Å². The molecule has 0 heterocycles. The van der Waals surface area contributed by atoms with Gasteiger partial charge < -0.3 is 21.3 Å². The highest BCUT2D eigenvalue weighted by atomic mass is 15.3. The van der Waals surface area contributed by atoms with Crippen LogP contribution in [0.25, 0.3) is 0 Å². The Morgan fingerprint density at radius 3 is 1.24 bits per heavy atom. The lowest BCUT2D eigenvalue weighted by molar-refractivity contribution is 0.168. The van der Waals surface area contributed by atoms with Crippen LogP contribution in [-0.4, -0.2) is 80.2 Å². The summed E-state index contributed by atoms with van der Waals surface area (Å²) in [5, 5.41) is 14.2. The van der Waals surface area contributed by atoms with E-state index in [4.69, 9.17) is 0 Å². The van der Waals surface area contributed by atoms with Crippen LogP contribution in [0.2, 0.25) is 0 Å². The van der Waals surface area contributed by atoms with Gasteiger partial charge in [-0.25, -0.2) is 0 Å². The van der Waals surface area contributed by atoms with Gasteiger partial charge in [0.2, 0.25) is 0 Å². The minimum absolute atomic E-state index is 0.510. The van der Waals surface area contributed by atoms with Gasteiger partial charge in [-0.2, -0.15) is 0 Å². The standard InChI is InChI=1S/C19H46N6/c1-16(2)20-9-10-24(13-21-17(3)4)11-12-25(14-22-18(5)6)15-23-19(7)8/h16-23H,9-15H2,1-8H3. The monoisotopic (exact) mass is 358 g/mol. The number of hydrogen-bond acceptors (Lipinski definition) is 6. The van der Waals surface area contributed by atoms with Gasteiger partial charge in [0, 0.05) is 70.4 Å². The summed E-state index contributed by atoms with van der Waals surface area (Å²) in [6.45, 7) is 24.6. The van der Waals surface area contributed by atoms with Crippen LogP contribution in [-0.2, 0) is 0 Å². The molecule has 6 heteroatoms. The molecule has 0 bridgehead atoms. The Hall–Kier alpha value is -0.240. The first kappa shape index (κ1) is 24.8. The molecule has 6 nitrogen and oxygen atoms in total. The Balaban J connectivity index is 4.43. The Morgan fingerprint density at radius 1 is 0.480 bits per heavy atom. The second-order valence-corrected chi connectivity index (χ2v) is 8.17. The maximum absolute atomic E-state index is 3.56. The molecule has 0 aromatic rings. The average molecular weight is 359 g/mol. The summed E-state index contributed by atoms with van der Waals surface area (Å²) in [6, 6.07) is 2.08. The molecule has 0 fully saturated rings. The van der Waals surface area contributed by atoms with Gasteiger partial charge in [-0.1, -0.05) is 13.8 Å². The smallest absolute Gasteiger partial charge is 0.0494 e. The van der Waals surface area contributed by atoms with E-state index in [2.05, 4.69) is 86.5 Å². The molecule has 152 valence electrons. The molecular weight excluding hydrogens is 312 g/mol. The first-order valence-corrected chi connectivity index (χ1v) is 10.1. The van der Waals surface area contributed by atoms with Crippen LogP contribution in [0.1, 0.15) is 55.4 Å². The molecule has 0 aromatic heterocycles. The van der Waals surface area contributed by atoms with Gasteiger partial charge in [-0.05, 0) is 41.5 Å². The predicted octanol–water partition coefficient (Wildman–Crippen LogP) is 1.45. The average Bonchev–Trinajstić information content (AvgIpc) is 2.49. The van der Waals surface area contributed by atoms with E-state index >= 15 is 0 Å². The molecule has 0 saturated heterocycles. The zero-order chi connectivity index (χ0) is 19.2. The first-order chi connectivity index (χ1) is 11.7. The van der Waals surface area contributed by atoms with E-state index in [0.717, 1.165) is 46.2 Å². The Morgan fingerprint density at radius 2 is 0.840 bits per heavy atom. The fourth-order valence-corrected chi connectivity index (χ4v) is 2.21. The van der Waals surface area contributed by atoms with E-state index in [1.54, 1.807) is 0 Å². The van der Waals surface area contributed by atoms with Crippen molar-refractivity contribution in [2.24, 2.45) is 0 Å². The topological polar surface area (TPSA) is 54.6 Å². The summed E-state index contributed by atoms with van der Waals surface area (Å²) in [5.74, 6) is 0. The summed E-state index contributed by atoms with van der Waals surface area (Å²) in [5.41, 5.74) is 0. The normalized spacial score (nSPS) is 12.7. The van der Waals surface area contributed by atoms with E-state index in [-0.39, 0.29) is 0 Å². The van der Waals surface area contributed by atoms with E-state index < -0.39 is 0 Å². The summed E-state index contributed by atoms with van der Waals surface area (Å²) in [6.07, 6.45) is 0. The number of hydrogen-bond donors (Lipinski definition) is 4. The number of nitrogens with one attached hydrogen (secondary N) is 4. The predicted molar refractivity (Wildman–Crippen MR) is 111 cm³/mol. The van der Waals surface area contributed by atoms with E-state index in [9.17, 15) is 0 Å². The van der Waals surface area contributed by atoms with Crippen molar-refractivity contribution in [3.8, 4) is 0 Å². The molecular formula is C19H46N6. The molecule has 0 aromatic carbocycles. The molecule has 0 aliphatic heterocycles. The highest BCUT2D eigenvalue weighted by Crippen LogP contribution is 1.93. The van der Waals surface area contributed by atoms with Crippen molar-refractivity contribution in [2.45, 2.75) is 79.6 Å². The summed E-state index contributed by atoms with van der Waals surface area (Å²) in [7, 11) is 0. The zero-order valence-corrected chi connectivity index (χ0v) is 18.2. The lowest BCUT2D eigenvalue weighted by Crippen LogP contribution is -2.49. The lowest BCUT2D eigenvalue weighted by Gasteiger charge is -2.30. The third kappa shape index (κ3) is 17.0. The van der Waals surface area contributed by atoms with Gasteiger partial charge in [-0.15, -0.1) is 0 Å². The zero-order valence-electron chi connectivity index (χ0n) is 18.2. The fourth-order valence-electron chi connectivity index (χ4n) is 2.21. The molecule has 0 unspecified atom stereocenters. The maximum Gasteiger partial charge on any atom is 0.0494 e. The highest BCUT2D eigenvalue weighted by molar-refractivity contribution is 4.67. The minimum Gasteiger partial charge on any atom is -0.313 e. The molecule has 0 aliphatic rings. The molecule has 4 N–H and O–H groups in total. The van der Waals surface area contributed by atoms with Gasteiger partial charge in [-0.3, -0.25) is 9.80 Å². The van der Waals surface area contributed by atoms with Crippen molar-refractivity contribution in [1.82, 2.24) is 31.1 Å². The van der Waals surface area contributed by atoms with Gasteiger partial charge in [0.05, 0.1) is 0 Å². The minimum atomic E-state index is 0.510. The molecule has 0 spiro atoms. The van der Waals surface area contributed by atoms with Crippen LogP contribution in [0.5, 0.6) is 0 Å². The van der Waals surface area contributed by atoms with E-state index in [0.29, 0.717) is 24.2 Å². The van der Waals surface area contributed by atoms with Crippen molar-refractivity contribution >= 4 is 0 Å². The fraction of sp³-hybridized carbons (Fsp3) is 1.00. The molecule has 0 aliphatic carbocycles. The summed E-state index contributed by atoms with van der Waals surface area (Å²) in [4.78, 5) is 4.96. The van der Waals surface area contributed by atoms with Crippen LogP contribution in [0.3, 0.4) is 0 Å². The molecule has 0 saturated carbocycles. The Bertz CT molecular complexity index is 282. The summed E-state index contributed by atoms with van der Waals surface area (Å²) >= 11 is 0. The largest absolute Gasteiger partial charge is 0.313 e. The SMILES string of the molecule is CC(C)NCCN(CCN(CNC(C)C)CNC(C)C)CNC(C)C. The van der Waals surface area contributed by atoms with Crippen molar-refractivity contribution < 1.29 is 0 Å². The van der Waals surface area contributed by atoms with E-state index in [1.165, 1.54) is 0 Å². The van der Waals surface area contributed by atoms with Gasteiger partial charge in [0.25, 0.3) is 0 Å². The van der Waals surface area contributed by atoms with Crippen molar-refractivity contribution in [3.63, 3.8) is 0 Å². The Kier molecular flexibility index (Phi) is 14.7. The van der Waals surface area contributed by atoms with Crippen molar-refractivity contribution in [1.29, 1.82) is 0 Å². The van der Waals surface area contributed by atoms with Crippen LogP contribution in [0.4, 0.5) is 0 Å². The van der Waals surface area contributed by atoms with Gasteiger partial charge >= 0.3 is 0 Å². The maximum atomic E-state index is 3.56. The van der Waals surface area contributed by atoms with E-state index in [1.807, 2.05) is 0 Å². The Labute approximate surface area is 157 Å². The molecule has 0 radical (unpaired) electrons. The third-order valence-electron chi connectivity index (χ3n) is 3.88. The van der Waals surface area contributed by atoms with Crippen molar-refractivity contribution in [3.05, 3.63) is 0 Å².